The van der Waals surface area contributed by atoms with Crippen LogP contribution in [0, 0.1) is 6.92 Å². The Morgan fingerprint density at radius 2 is 1.64 bits per heavy atom. The van der Waals surface area contributed by atoms with E-state index in [9.17, 15) is 13.2 Å². The molecule has 2 heterocycles. The van der Waals surface area contributed by atoms with Gasteiger partial charge in [0.2, 0.25) is 11.8 Å². The molecule has 36 heavy (non-hydrogen) atoms. The third-order valence-electron chi connectivity index (χ3n) is 5.74. The number of urea groups is 1. The Balaban J connectivity index is 1.56. The number of amides is 2. The second-order valence-corrected chi connectivity index (χ2v) is 9.77. The summed E-state index contributed by atoms with van der Waals surface area (Å²) in [5, 5.41) is 8.18. The van der Waals surface area contributed by atoms with Crippen molar-refractivity contribution in [3.63, 3.8) is 0 Å². The van der Waals surface area contributed by atoms with Gasteiger partial charge in [0.1, 0.15) is 11.4 Å². The van der Waals surface area contributed by atoms with E-state index in [1.807, 2.05) is 31.2 Å². The van der Waals surface area contributed by atoms with Gasteiger partial charge in [0, 0.05) is 11.6 Å². The lowest BCUT2D eigenvalue weighted by atomic mass is 10.1. The third-order valence-corrected chi connectivity index (χ3v) is 7.49. The third kappa shape index (κ3) is 3.93. The van der Waals surface area contributed by atoms with E-state index in [1.165, 1.54) is 43.4 Å². The molecule has 0 saturated heterocycles. The molecule has 0 saturated carbocycles. The van der Waals surface area contributed by atoms with Gasteiger partial charge in [-0.05, 0) is 43.3 Å². The molecule has 1 aromatic heterocycles. The number of carbonyl (C=O) groups excluding carboxylic acids is 1. The fourth-order valence-corrected chi connectivity index (χ4v) is 5.52. The maximum Gasteiger partial charge on any atom is 0.343 e. The Kier molecular flexibility index (Phi) is 5.84. The van der Waals surface area contributed by atoms with Crippen LogP contribution >= 0.6 is 0 Å². The molecule has 184 valence electrons. The van der Waals surface area contributed by atoms with Crippen LogP contribution in [0.3, 0.4) is 0 Å². The molecule has 0 aliphatic carbocycles. The summed E-state index contributed by atoms with van der Waals surface area (Å²) in [6, 6.07) is 17.5. The molecule has 0 bridgehead atoms. The van der Waals surface area contributed by atoms with Crippen molar-refractivity contribution in [2.24, 2.45) is 0 Å². The van der Waals surface area contributed by atoms with Gasteiger partial charge >= 0.3 is 6.03 Å². The van der Waals surface area contributed by atoms with Crippen LogP contribution in [0.4, 0.5) is 16.2 Å². The summed E-state index contributed by atoms with van der Waals surface area (Å²) in [5.74, 6) is 1.13. The number of hydrogen-bond acceptors (Lipinski definition) is 8. The highest BCUT2D eigenvalue weighted by Gasteiger charge is 2.43. The van der Waals surface area contributed by atoms with Crippen LogP contribution in [0.2, 0.25) is 0 Å². The molecule has 0 unspecified atom stereocenters. The summed E-state index contributed by atoms with van der Waals surface area (Å²) in [7, 11) is -1.32. The van der Waals surface area contributed by atoms with E-state index in [0.717, 1.165) is 15.4 Å². The first-order valence-corrected chi connectivity index (χ1v) is 12.3. The van der Waals surface area contributed by atoms with Crippen LogP contribution in [-0.4, -0.2) is 38.9 Å². The van der Waals surface area contributed by atoms with Crippen molar-refractivity contribution in [3.05, 3.63) is 78.2 Å². The number of methoxy groups -OCH3 is 2. The zero-order valence-electron chi connectivity index (χ0n) is 19.7. The van der Waals surface area contributed by atoms with E-state index in [4.69, 9.17) is 13.9 Å². The average molecular weight is 507 g/mol. The highest BCUT2D eigenvalue weighted by Crippen LogP contribution is 2.40. The number of fused-ring (bicyclic) bond motifs is 1. The summed E-state index contributed by atoms with van der Waals surface area (Å²) in [6.45, 7) is 1.84. The van der Waals surface area contributed by atoms with Crippen molar-refractivity contribution >= 4 is 27.4 Å². The molecule has 3 aromatic carbocycles. The topological polar surface area (TPSA) is 115 Å². The van der Waals surface area contributed by atoms with Crippen molar-refractivity contribution in [2.45, 2.75) is 18.4 Å². The molecule has 1 aliphatic rings. The van der Waals surface area contributed by atoms with Crippen molar-refractivity contribution in [2.75, 3.05) is 23.4 Å². The second kappa shape index (κ2) is 9.00. The van der Waals surface area contributed by atoms with E-state index in [0.29, 0.717) is 11.6 Å². The molecule has 4 aromatic rings. The van der Waals surface area contributed by atoms with Gasteiger partial charge in [0.25, 0.3) is 10.0 Å². The zero-order chi connectivity index (χ0) is 25.4. The largest absolute Gasteiger partial charge is 0.493 e. The summed E-state index contributed by atoms with van der Waals surface area (Å²) < 4.78 is 44.2. The van der Waals surface area contributed by atoms with Gasteiger partial charge in [-0.2, -0.15) is 4.31 Å². The van der Waals surface area contributed by atoms with E-state index in [2.05, 4.69) is 10.2 Å². The summed E-state index contributed by atoms with van der Waals surface area (Å²) >= 11 is 0. The average Bonchev–Trinajstić information content (AvgIpc) is 3.35. The van der Waals surface area contributed by atoms with Crippen molar-refractivity contribution in [1.82, 2.24) is 10.2 Å². The predicted molar refractivity (Wildman–Crippen MR) is 132 cm³/mol. The van der Waals surface area contributed by atoms with Gasteiger partial charge in [0.05, 0.1) is 25.6 Å². The van der Waals surface area contributed by atoms with Crippen molar-refractivity contribution in [3.8, 4) is 23.0 Å². The predicted octanol–water partition coefficient (Wildman–Crippen LogP) is 4.40. The monoisotopic (exact) mass is 506 g/mol. The highest BCUT2D eigenvalue weighted by molar-refractivity contribution is 7.94. The number of hydrogen-bond donors (Lipinski definition) is 0. The molecule has 11 heteroatoms. The number of anilines is 2. The summed E-state index contributed by atoms with van der Waals surface area (Å²) in [6.07, 6.45) is 0. The molecular weight excluding hydrogens is 484 g/mol. The SMILES string of the molecule is COc1ccc(N2C(=O)N(Cc3nnc(-c4ccc(C)cc4)o3)c3ccccc3S2(=O)=O)cc1OC. The first kappa shape index (κ1) is 23.4. The minimum absolute atomic E-state index is 0.0299. The van der Waals surface area contributed by atoms with Crippen molar-refractivity contribution < 1.29 is 27.1 Å². The van der Waals surface area contributed by atoms with E-state index < -0.39 is 16.1 Å². The Bertz CT molecular complexity index is 1550. The molecule has 2 amide bonds. The van der Waals surface area contributed by atoms with Gasteiger partial charge in [-0.15, -0.1) is 10.2 Å². The summed E-state index contributed by atoms with van der Waals surface area (Å²) in [4.78, 5) is 14.9. The molecule has 0 N–H and O–H groups in total. The van der Waals surface area contributed by atoms with Gasteiger partial charge in [-0.25, -0.2) is 13.2 Å². The molecule has 0 radical (unpaired) electrons. The molecule has 0 atom stereocenters. The lowest BCUT2D eigenvalue weighted by Crippen LogP contribution is -2.50. The number of rotatable bonds is 6. The van der Waals surface area contributed by atoms with E-state index in [1.54, 1.807) is 18.2 Å². The molecule has 0 spiro atoms. The number of sulfonamides is 1. The van der Waals surface area contributed by atoms with E-state index >= 15 is 0 Å². The highest BCUT2D eigenvalue weighted by atomic mass is 32.2. The minimum atomic E-state index is -4.22. The van der Waals surface area contributed by atoms with Crippen LogP contribution in [0.5, 0.6) is 11.5 Å². The van der Waals surface area contributed by atoms with Gasteiger partial charge < -0.3 is 13.9 Å². The van der Waals surface area contributed by atoms with Gasteiger partial charge in [-0.3, -0.25) is 4.90 Å². The number of nitrogens with zero attached hydrogens (tertiary/aromatic N) is 4. The lowest BCUT2D eigenvalue weighted by Gasteiger charge is -2.35. The normalized spacial score (nSPS) is 14.5. The Labute approximate surface area is 207 Å². The number of carbonyl (C=O) groups is 1. The zero-order valence-corrected chi connectivity index (χ0v) is 20.5. The quantitative estimate of drug-likeness (QED) is 0.378. The fraction of sp³-hybridized carbons (Fsp3) is 0.160. The van der Waals surface area contributed by atoms with Gasteiger partial charge in [-0.1, -0.05) is 29.8 Å². The number of benzene rings is 3. The number of aryl methyl sites for hydroxylation is 1. The fourth-order valence-electron chi connectivity index (χ4n) is 3.93. The van der Waals surface area contributed by atoms with Crippen LogP contribution in [0.15, 0.2) is 76.0 Å². The first-order valence-electron chi connectivity index (χ1n) is 10.9. The molecule has 5 rings (SSSR count). The molecule has 10 nitrogen and oxygen atoms in total. The molecule has 0 fully saturated rings. The second-order valence-electron chi connectivity index (χ2n) is 8.01. The molecular formula is C25H22N4O6S. The van der Waals surface area contributed by atoms with E-state index in [-0.39, 0.29) is 34.5 Å². The summed E-state index contributed by atoms with van der Waals surface area (Å²) in [5.41, 5.74) is 2.14. The Morgan fingerprint density at radius 1 is 0.917 bits per heavy atom. The van der Waals surface area contributed by atoms with Crippen LogP contribution in [-0.2, 0) is 16.6 Å². The molecule has 1 aliphatic heterocycles. The van der Waals surface area contributed by atoms with Crippen LogP contribution in [0.25, 0.3) is 11.5 Å². The standard InChI is InChI=1S/C25H22N4O6S/c1-16-8-10-17(11-9-16)24-27-26-23(35-24)15-28-19-6-4-5-7-22(19)36(31,32)29(25(28)30)18-12-13-20(33-2)21(14-18)34-3/h4-14H,15H2,1-3H3. The maximum atomic E-state index is 13.7. The Morgan fingerprint density at radius 3 is 2.36 bits per heavy atom. The van der Waals surface area contributed by atoms with Gasteiger partial charge in [0.15, 0.2) is 11.5 Å². The first-order chi connectivity index (χ1) is 17.3. The Hall–Kier alpha value is -4.38. The number of aromatic nitrogens is 2. The smallest absolute Gasteiger partial charge is 0.343 e. The number of ether oxygens (including phenoxy) is 2. The number of para-hydroxylation sites is 1. The van der Waals surface area contributed by atoms with Crippen LogP contribution < -0.4 is 18.7 Å². The lowest BCUT2D eigenvalue weighted by molar-refractivity contribution is 0.252. The van der Waals surface area contributed by atoms with Crippen LogP contribution in [0.1, 0.15) is 11.5 Å². The maximum absolute atomic E-state index is 13.7. The minimum Gasteiger partial charge on any atom is -0.493 e. The van der Waals surface area contributed by atoms with Crippen molar-refractivity contribution in [1.29, 1.82) is 0 Å².